The molecule has 2 rings (SSSR count). The molecular weight excluding hydrogens is 345 g/mol. The molecule has 3 N–H and O–H groups in total. The number of pyridine rings is 1. The van der Waals surface area contributed by atoms with E-state index in [9.17, 15) is 9.18 Å². The van der Waals surface area contributed by atoms with E-state index < -0.39 is 11.7 Å². The summed E-state index contributed by atoms with van der Waals surface area (Å²) in [5.74, 6) is -0.887. The largest absolute Gasteiger partial charge is 0.490 e. The number of nitrogen functional groups attached to an aromatic ring is 1. The normalized spacial score (nSPS) is 10.5. The number of unbranched alkanes of at least 4 members (excludes halogenated alkanes) is 3. The number of hydrogen-bond acceptors (Lipinski definition) is 4. The Hall–Kier alpha value is -2.89. The fourth-order valence-electron chi connectivity index (χ4n) is 2.56. The highest BCUT2D eigenvalue weighted by Crippen LogP contribution is 2.26. The Bertz CT molecular complexity index is 821. The first-order chi connectivity index (χ1) is 12.9. The van der Waals surface area contributed by atoms with Gasteiger partial charge in [-0.1, -0.05) is 12.1 Å². The van der Waals surface area contributed by atoms with Gasteiger partial charge < -0.3 is 15.8 Å². The number of anilines is 2. The van der Waals surface area contributed by atoms with Crippen LogP contribution in [0.4, 0.5) is 15.9 Å². The van der Waals surface area contributed by atoms with Crippen molar-refractivity contribution in [3.63, 3.8) is 0 Å². The fourth-order valence-corrected chi connectivity index (χ4v) is 2.56. The minimum absolute atomic E-state index is 0.0433. The van der Waals surface area contributed by atoms with Crippen molar-refractivity contribution >= 4 is 17.4 Å². The molecule has 1 aromatic carbocycles. The van der Waals surface area contributed by atoms with Crippen LogP contribution in [0.1, 0.15) is 47.3 Å². The van der Waals surface area contributed by atoms with Crippen LogP contribution in [-0.2, 0) is 0 Å². The van der Waals surface area contributed by atoms with Gasteiger partial charge in [0, 0.05) is 5.69 Å². The molecule has 1 aromatic heterocycles. The lowest BCUT2D eigenvalue weighted by molar-refractivity contribution is 0.102. The Balaban J connectivity index is 2.03. The zero-order valence-electron chi connectivity index (χ0n) is 15.8. The summed E-state index contributed by atoms with van der Waals surface area (Å²) in [7, 11) is 0. The van der Waals surface area contributed by atoms with Crippen molar-refractivity contribution in [2.24, 2.45) is 0 Å². The first-order valence-corrected chi connectivity index (χ1v) is 9.01. The average Bonchev–Trinajstić information content (AvgIpc) is 2.63. The number of nitrogens with two attached hydrogens (primary N) is 1. The maximum atomic E-state index is 14.6. The molecule has 0 spiro atoms. The van der Waals surface area contributed by atoms with Crippen LogP contribution in [0, 0.1) is 19.7 Å². The highest BCUT2D eigenvalue weighted by atomic mass is 19.1. The fraction of sp³-hybridized carbons (Fsp3) is 0.333. The van der Waals surface area contributed by atoms with E-state index in [4.69, 9.17) is 10.5 Å². The molecule has 0 unspecified atom stereocenters. The Labute approximate surface area is 159 Å². The minimum Gasteiger partial charge on any atom is -0.490 e. The lowest BCUT2D eigenvalue weighted by atomic mass is 10.1. The summed E-state index contributed by atoms with van der Waals surface area (Å²) in [5, 5.41) is 2.55. The third kappa shape index (κ3) is 5.54. The van der Waals surface area contributed by atoms with Crippen LogP contribution < -0.4 is 15.8 Å². The van der Waals surface area contributed by atoms with Gasteiger partial charge in [0.1, 0.15) is 5.82 Å². The second-order valence-electron chi connectivity index (χ2n) is 6.38. The molecule has 0 saturated heterocycles. The topological polar surface area (TPSA) is 77.2 Å². The first kappa shape index (κ1) is 20.4. The lowest BCUT2D eigenvalue weighted by Crippen LogP contribution is -2.17. The number of allylic oxidation sites excluding steroid dienone is 1. The molecule has 6 heteroatoms. The molecular formula is C21H26FN3O2. The second-order valence-corrected chi connectivity index (χ2v) is 6.38. The zero-order valence-corrected chi connectivity index (χ0v) is 15.8. The molecule has 5 nitrogen and oxygen atoms in total. The first-order valence-electron chi connectivity index (χ1n) is 9.01. The Morgan fingerprint density at radius 1 is 1.33 bits per heavy atom. The predicted octanol–water partition coefficient (Wildman–Crippen LogP) is 4.80. The van der Waals surface area contributed by atoms with Crippen LogP contribution in [0.25, 0.3) is 0 Å². The third-order valence-corrected chi connectivity index (χ3v) is 4.26. The number of hydrogen-bond donors (Lipinski definition) is 2. The molecule has 0 aliphatic rings. The molecule has 0 fully saturated rings. The van der Waals surface area contributed by atoms with Gasteiger partial charge in [-0.3, -0.25) is 4.79 Å². The number of halogens is 1. The molecule has 144 valence electrons. The molecule has 1 amide bonds. The highest BCUT2D eigenvalue weighted by molar-refractivity contribution is 6.07. The third-order valence-electron chi connectivity index (χ3n) is 4.26. The molecule has 2 aromatic rings. The maximum absolute atomic E-state index is 14.6. The number of nitrogens with zero attached hydrogens (tertiary/aromatic N) is 1. The van der Waals surface area contributed by atoms with Gasteiger partial charge >= 0.3 is 0 Å². The Morgan fingerprint density at radius 3 is 2.85 bits per heavy atom. The van der Waals surface area contributed by atoms with Gasteiger partial charge in [-0.05, 0) is 63.3 Å². The van der Waals surface area contributed by atoms with Gasteiger partial charge in [0.05, 0.1) is 17.9 Å². The summed E-state index contributed by atoms with van der Waals surface area (Å²) < 4.78 is 20.1. The van der Waals surface area contributed by atoms with Crippen molar-refractivity contribution < 1.29 is 13.9 Å². The van der Waals surface area contributed by atoms with Gasteiger partial charge in [-0.2, -0.15) is 0 Å². The van der Waals surface area contributed by atoms with Gasteiger partial charge in [-0.25, -0.2) is 9.37 Å². The number of ether oxygens (including phenoxy) is 1. The van der Waals surface area contributed by atoms with Crippen LogP contribution in [-0.4, -0.2) is 17.5 Å². The summed E-state index contributed by atoms with van der Waals surface area (Å²) in [5.41, 5.74) is 7.67. The summed E-state index contributed by atoms with van der Waals surface area (Å²) in [6.07, 6.45) is 5.70. The molecule has 0 radical (unpaired) electrons. The number of rotatable bonds is 9. The molecule has 0 bridgehead atoms. The van der Waals surface area contributed by atoms with E-state index in [-0.39, 0.29) is 22.8 Å². The molecule has 0 saturated carbocycles. The van der Waals surface area contributed by atoms with Gasteiger partial charge in [0.25, 0.3) is 5.91 Å². The second kappa shape index (κ2) is 9.71. The van der Waals surface area contributed by atoms with Crippen LogP contribution in [0.3, 0.4) is 0 Å². The van der Waals surface area contributed by atoms with E-state index in [0.29, 0.717) is 6.61 Å². The number of amides is 1. The standard InChI is InChI=1S/C21H26FN3O2/c1-4-5-6-7-8-12-27-18-11-9-10-17(19(18)22)25-21(26)16-13-14(2)15(3)24-20(16)23/h4,9-11,13H,1,5-8,12H2,2-3H3,(H2,23,24)(H,25,26). The van der Waals surface area contributed by atoms with E-state index in [2.05, 4.69) is 16.9 Å². The summed E-state index contributed by atoms with van der Waals surface area (Å²) in [4.78, 5) is 16.6. The maximum Gasteiger partial charge on any atom is 0.259 e. The van der Waals surface area contributed by atoms with Gasteiger partial charge in [0.15, 0.2) is 11.6 Å². The SMILES string of the molecule is C=CCCCCCOc1cccc(NC(=O)c2cc(C)c(C)nc2N)c1F. The minimum atomic E-state index is -0.604. The molecule has 0 aliphatic heterocycles. The zero-order chi connectivity index (χ0) is 19.8. The van der Waals surface area contributed by atoms with Crippen LogP contribution in [0.5, 0.6) is 5.75 Å². The number of benzene rings is 1. The smallest absolute Gasteiger partial charge is 0.259 e. The van der Waals surface area contributed by atoms with Crippen molar-refractivity contribution in [3.05, 3.63) is 59.6 Å². The van der Waals surface area contributed by atoms with Gasteiger partial charge in [0.2, 0.25) is 0 Å². The number of aryl methyl sites for hydroxylation is 2. The highest BCUT2D eigenvalue weighted by Gasteiger charge is 2.16. The molecule has 0 aliphatic carbocycles. The van der Waals surface area contributed by atoms with Crippen molar-refractivity contribution in [1.29, 1.82) is 0 Å². The number of carbonyl (C=O) groups excluding carboxylic acids is 1. The van der Waals surface area contributed by atoms with E-state index in [1.54, 1.807) is 18.2 Å². The molecule has 0 atom stereocenters. The van der Waals surface area contributed by atoms with Crippen LogP contribution in [0.2, 0.25) is 0 Å². The summed E-state index contributed by atoms with van der Waals surface area (Å²) >= 11 is 0. The molecule has 27 heavy (non-hydrogen) atoms. The lowest BCUT2D eigenvalue weighted by Gasteiger charge is -2.12. The van der Waals surface area contributed by atoms with Gasteiger partial charge in [-0.15, -0.1) is 6.58 Å². The number of aromatic nitrogens is 1. The predicted molar refractivity (Wildman–Crippen MR) is 107 cm³/mol. The van der Waals surface area contributed by atoms with Crippen molar-refractivity contribution in [2.45, 2.75) is 39.5 Å². The van der Waals surface area contributed by atoms with E-state index in [0.717, 1.165) is 36.9 Å². The van der Waals surface area contributed by atoms with Crippen LogP contribution >= 0.6 is 0 Å². The average molecular weight is 371 g/mol. The number of nitrogens with one attached hydrogen (secondary N) is 1. The van der Waals surface area contributed by atoms with E-state index in [1.165, 1.54) is 6.07 Å². The Morgan fingerprint density at radius 2 is 2.11 bits per heavy atom. The van der Waals surface area contributed by atoms with Crippen molar-refractivity contribution in [3.8, 4) is 5.75 Å². The summed E-state index contributed by atoms with van der Waals surface area (Å²) in [6.45, 7) is 7.74. The van der Waals surface area contributed by atoms with E-state index in [1.807, 2.05) is 19.9 Å². The summed E-state index contributed by atoms with van der Waals surface area (Å²) in [6, 6.07) is 6.30. The quantitative estimate of drug-likeness (QED) is 0.490. The number of carbonyl (C=O) groups is 1. The Kier molecular flexibility index (Phi) is 7.34. The van der Waals surface area contributed by atoms with Crippen molar-refractivity contribution in [2.75, 3.05) is 17.7 Å². The van der Waals surface area contributed by atoms with Crippen LogP contribution in [0.15, 0.2) is 36.9 Å². The monoisotopic (exact) mass is 371 g/mol. The molecule has 1 heterocycles. The van der Waals surface area contributed by atoms with E-state index >= 15 is 0 Å². The van der Waals surface area contributed by atoms with Crippen molar-refractivity contribution in [1.82, 2.24) is 4.98 Å².